The fourth-order valence-electron chi connectivity index (χ4n) is 3.08. The van der Waals surface area contributed by atoms with E-state index in [1.54, 1.807) is 13.4 Å². The highest BCUT2D eigenvalue weighted by Gasteiger charge is 2.51. The average Bonchev–Trinajstić information content (AvgIpc) is 3.14. The average molecular weight is 272 g/mol. The predicted octanol–water partition coefficient (Wildman–Crippen LogP) is -0.596. The van der Waals surface area contributed by atoms with Gasteiger partial charge in [0.15, 0.2) is 11.5 Å². The molecule has 4 heterocycles. The zero-order chi connectivity index (χ0) is 13.9. The molecule has 0 aromatic carbocycles. The van der Waals surface area contributed by atoms with E-state index in [9.17, 15) is 9.59 Å². The van der Waals surface area contributed by atoms with Crippen LogP contribution in [0.4, 0.5) is 5.82 Å². The minimum Gasteiger partial charge on any atom is -0.353 e. The number of aromatic nitrogens is 4. The second kappa shape index (κ2) is 3.75. The van der Waals surface area contributed by atoms with Crippen molar-refractivity contribution in [3.8, 4) is 0 Å². The number of nitrogens with zero attached hydrogens (tertiary/aromatic N) is 5. The lowest BCUT2D eigenvalue weighted by molar-refractivity contribution is -0.138. The molecule has 8 nitrogen and oxygen atoms in total. The Kier molecular flexibility index (Phi) is 2.12. The van der Waals surface area contributed by atoms with Gasteiger partial charge in [0.05, 0.1) is 18.2 Å². The standard InChI is InChI=1S/C12H12N6O2/c1-17-11(19)6-2-18(3-7(6)12(17)20)10-8-9(14-4-13-8)15-5-16-10/h4-7H,2-3H2,1H3,(H,13,14,15,16)/t6-,7+. The molecule has 20 heavy (non-hydrogen) atoms. The summed E-state index contributed by atoms with van der Waals surface area (Å²) in [6, 6.07) is 0. The maximum atomic E-state index is 12.0. The van der Waals surface area contributed by atoms with Gasteiger partial charge >= 0.3 is 0 Å². The number of carbonyl (C=O) groups excluding carboxylic acids is 2. The summed E-state index contributed by atoms with van der Waals surface area (Å²) in [5.74, 6) is -0.0270. The summed E-state index contributed by atoms with van der Waals surface area (Å²) in [5, 5.41) is 0. The number of hydrogen-bond acceptors (Lipinski definition) is 6. The minimum absolute atomic E-state index is 0.0996. The number of amides is 2. The van der Waals surface area contributed by atoms with Crippen molar-refractivity contribution in [2.45, 2.75) is 0 Å². The first-order valence-electron chi connectivity index (χ1n) is 6.37. The smallest absolute Gasteiger partial charge is 0.234 e. The van der Waals surface area contributed by atoms with Crippen LogP contribution in [0.15, 0.2) is 12.7 Å². The second-order valence-corrected chi connectivity index (χ2v) is 5.15. The summed E-state index contributed by atoms with van der Waals surface area (Å²) >= 11 is 0. The number of imide groups is 1. The van der Waals surface area contributed by atoms with Crippen molar-refractivity contribution in [1.29, 1.82) is 0 Å². The van der Waals surface area contributed by atoms with E-state index in [4.69, 9.17) is 0 Å². The van der Waals surface area contributed by atoms with Gasteiger partial charge in [-0.05, 0) is 0 Å². The minimum atomic E-state index is -0.263. The fraction of sp³-hybridized carbons (Fsp3) is 0.417. The molecule has 2 saturated heterocycles. The number of anilines is 1. The third-order valence-corrected chi connectivity index (χ3v) is 4.12. The van der Waals surface area contributed by atoms with Crippen molar-refractivity contribution in [1.82, 2.24) is 24.8 Å². The third-order valence-electron chi connectivity index (χ3n) is 4.12. The molecule has 2 aliphatic heterocycles. The molecule has 0 unspecified atom stereocenters. The van der Waals surface area contributed by atoms with Crippen LogP contribution in [0.3, 0.4) is 0 Å². The number of aromatic amines is 1. The lowest BCUT2D eigenvalue weighted by Crippen LogP contribution is -2.33. The van der Waals surface area contributed by atoms with Crippen LogP contribution in [0.1, 0.15) is 0 Å². The molecule has 0 bridgehead atoms. The molecule has 2 amide bonds. The van der Waals surface area contributed by atoms with E-state index in [2.05, 4.69) is 19.9 Å². The summed E-state index contributed by atoms with van der Waals surface area (Å²) in [7, 11) is 1.55. The van der Waals surface area contributed by atoms with Gasteiger partial charge in [-0.2, -0.15) is 0 Å². The molecule has 8 heteroatoms. The van der Waals surface area contributed by atoms with Crippen LogP contribution in [-0.4, -0.2) is 56.8 Å². The number of rotatable bonds is 1. The van der Waals surface area contributed by atoms with E-state index in [-0.39, 0.29) is 23.7 Å². The normalized spacial score (nSPS) is 25.9. The van der Waals surface area contributed by atoms with Crippen molar-refractivity contribution in [3.63, 3.8) is 0 Å². The summed E-state index contributed by atoms with van der Waals surface area (Å²) in [6.45, 7) is 1.01. The van der Waals surface area contributed by atoms with Gasteiger partial charge < -0.3 is 9.88 Å². The van der Waals surface area contributed by atoms with Crippen LogP contribution in [0.25, 0.3) is 11.2 Å². The summed E-state index contributed by atoms with van der Waals surface area (Å²) < 4.78 is 0. The van der Waals surface area contributed by atoms with Crippen LogP contribution in [0.2, 0.25) is 0 Å². The van der Waals surface area contributed by atoms with Crippen LogP contribution in [-0.2, 0) is 9.59 Å². The van der Waals surface area contributed by atoms with Crippen molar-refractivity contribution in [2.75, 3.05) is 25.0 Å². The molecule has 0 radical (unpaired) electrons. The number of fused-ring (bicyclic) bond motifs is 2. The highest BCUT2D eigenvalue weighted by atomic mass is 16.2. The van der Waals surface area contributed by atoms with E-state index < -0.39 is 0 Å². The molecule has 2 aromatic rings. The van der Waals surface area contributed by atoms with Gasteiger partial charge in [-0.3, -0.25) is 14.5 Å². The highest BCUT2D eigenvalue weighted by molar-refractivity contribution is 6.06. The molecular weight excluding hydrogens is 260 g/mol. The number of nitrogens with one attached hydrogen (secondary N) is 1. The molecule has 102 valence electrons. The molecule has 4 rings (SSSR count). The zero-order valence-corrected chi connectivity index (χ0v) is 10.8. The van der Waals surface area contributed by atoms with Gasteiger partial charge in [0.2, 0.25) is 11.8 Å². The lowest BCUT2D eigenvalue weighted by Gasteiger charge is -2.19. The third kappa shape index (κ3) is 1.33. The first kappa shape index (κ1) is 11.3. The van der Waals surface area contributed by atoms with Crippen LogP contribution in [0.5, 0.6) is 0 Å². The Morgan fingerprint density at radius 3 is 2.55 bits per heavy atom. The van der Waals surface area contributed by atoms with Gasteiger partial charge in [-0.1, -0.05) is 0 Å². The molecule has 2 aromatic heterocycles. The maximum Gasteiger partial charge on any atom is 0.234 e. The number of carbonyl (C=O) groups is 2. The molecule has 0 aliphatic carbocycles. The van der Waals surface area contributed by atoms with E-state index in [0.29, 0.717) is 24.6 Å². The number of H-pyrrole nitrogens is 1. The van der Waals surface area contributed by atoms with Gasteiger partial charge in [0.25, 0.3) is 0 Å². The molecular formula is C12H12N6O2. The van der Waals surface area contributed by atoms with Crippen molar-refractivity contribution in [3.05, 3.63) is 12.7 Å². The van der Waals surface area contributed by atoms with Gasteiger partial charge in [-0.15, -0.1) is 0 Å². The zero-order valence-electron chi connectivity index (χ0n) is 10.8. The van der Waals surface area contributed by atoms with E-state index in [1.807, 2.05) is 4.90 Å². The Morgan fingerprint density at radius 2 is 1.85 bits per heavy atom. The van der Waals surface area contributed by atoms with Crippen molar-refractivity contribution < 1.29 is 9.59 Å². The van der Waals surface area contributed by atoms with E-state index >= 15 is 0 Å². The first-order chi connectivity index (χ1) is 9.66. The second-order valence-electron chi connectivity index (χ2n) is 5.15. The topological polar surface area (TPSA) is 95.1 Å². The summed E-state index contributed by atoms with van der Waals surface area (Å²) in [4.78, 5) is 42.6. The maximum absolute atomic E-state index is 12.0. The Labute approximate surface area is 113 Å². The lowest BCUT2D eigenvalue weighted by atomic mass is 10.00. The van der Waals surface area contributed by atoms with Crippen LogP contribution < -0.4 is 4.90 Å². The largest absolute Gasteiger partial charge is 0.353 e. The summed E-state index contributed by atoms with van der Waals surface area (Å²) in [5.41, 5.74) is 1.32. The van der Waals surface area contributed by atoms with Gasteiger partial charge in [0, 0.05) is 20.1 Å². The molecule has 0 saturated carbocycles. The first-order valence-corrected chi connectivity index (χ1v) is 6.37. The molecule has 2 atom stereocenters. The Morgan fingerprint density at radius 1 is 1.15 bits per heavy atom. The van der Waals surface area contributed by atoms with Crippen molar-refractivity contribution in [2.24, 2.45) is 11.8 Å². The number of hydrogen-bond donors (Lipinski definition) is 1. The predicted molar refractivity (Wildman–Crippen MR) is 68.7 cm³/mol. The Bertz CT molecular complexity index is 702. The molecule has 0 spiro atoms. The molecule has 1 N–H and O–H groups in total. The van der Waals surface area contributed by atoms with E-state index in [0.717, 1.165) is 5.52 Å². The number of likely N-dealkylation sites (tertiary alicyclic amines) is 1. The Balaban J connectivity index is 1.72. The van der Waals surface area contributed by atoms with Gasteiger partial charge in [0.1, 0.15) is 11.8 Å². The summed E-state index contributed by atoms with van der Waals surface area (Å²) in [6.07, 6.45) is 3.01. The molecule has 2 fully saturated rings. The van der Waals surface area contributed by atoms with Crippen molar-refractivity contribution >= 4 is 28.8 Å². The fourth-order valence-corrected chi connectivity index (χ4v) is 3.08. The van der Waals surface area contributed by atoms with E-state index in [1.165, 1.54) is 11.2 Å². The highest BCUT2D eigenvalue weighted by Crippen LogP contribution is 2.35. The van der Waals surface area contributed by atoms with Crippen LogP contribution >= 0.6 is 0 Å². The molecule has 2 aliphatic rings. The van der Waals surface area contributed by atoms with Gasteiger partial charge in [-0.25, -0.2) is 15.0 Å². The van der Waals surface area contributed by atoms with Crippen LogP contribution in [0, 0.1) is 11.8 Å². The SMILES string of the molecule is CN1C(=O)[C@H]2CN(c3ncnc4nc[nH]c34)C[C@H]2C1=O. The monoisotopic (exact) mass is 272 g/mol. The quantitative estimate of drug-likeness (QED) is 0.697. The Hall–Kier alpha value is -2.51. The number of imidazole rings is 1.